The van der Waals surface area contributed by atoms with Crippen LogP contribution in [0.25, 0.3) is 0 Å². The van der Waals surface area contributed by atoms with Gasteiger partial charge in [0.05, 0.1) is 19.3 Å². The summed E-state index contributed by atoms with van der Waals surface area (Å²) in [7, 11) is 0. The van der Waals surface area contributed by atoms with Gasteiger partial charge in [-0.2, -0.15) is 5.06 Å². The van der Waals surface area contributed by atoms with Crippen molar-refractivity contribution in [2.24, 2.45) is 0 Å². The number of amides is 3. The highest BCUT2D eigenvalue weighted by molar-refractivity contribution is 5.88. The highest BCUT2D eigenvalue weighted by Crippen LogP contribution is 2.30. The Morgan fingerprint density at radius 3 is 2.88 bits per heavy atom. The minimum absolute atomic E-state index is 0.162. The molecule has 3 saturated heterocycles. The van der Waals surface area contributed by atoms with E-state index in [2.05, 4.69) is 10.8 Å². The summed E-state index contributed by atoms with van der Waals surface area (Å²) < 4.78 is 4.79. The van der Waals surface area contributed by atoms with Crippen LogP contribution in [0.2, 0.25) is 0 Å². The lowest BCUT2D eigenvalue weighted by atomic mass is 10.0. The van der Waals surface area contributed by atoms with Gasteiger partial charge in [-0.15, -0.1) is 0 Å². The molecular formula is C16H26N4O6. The molecule has 3 aliphatic rings. The minimum Gasteiger partial charge on any atom is -0.464 e. The van der Waals surface area contributed by atoms with Crippen molar-refractivity contribution in [1.29, 1.82) is 0 Å². The summed E-state index contributed by atoms with van der Waals surface area (Å²) in [5, 5.41) is 4.47. The van der Waals surface area contributed by atoms with Crippen molar-refractivity contribution in [2.45, 2.75) is 50.7 Å². The van der Waals surface area contributed by atoms with Crippen molar-refractivity contribution in [3.05, 3.63) is 0 Å². The fourth-order valence-corrected chi connectivity index (χ4v) is 3.58. The number of hydrogen-bond donors (Lipinski definition) is 2. The monoisotopic (exact) mass is 370 g/mol. The zero-order valence-corrected chi connectivity index (χ0v) is 14.9. The van der Waals surface area contributed by atoms with Crippen LogP contribution in [-0.4, -0.2) is 78.9 Å². The molecule has 0 spiro atoms. The van der Waals surface area contributed by atoms with E-state index in [0.29, 0.717) is 26.0 Å². The van der Waals surface area contributed by atoms with Crippen molar-refractivity contribution in [2.75, 3.05) is 32.9 Å². The number of nitrogens with one attached hydrogen (secondary N) is 2. The second-order valence-corrected chi connectivity index (χ2v) is 6.66. The number of nitrogens with zero attached hydrogens (tertiary/aromatic N) is 2. The first kappa shape index (κ1) is 18.9. The lowest BCUT2D eigenvalue weighted by molar-refractivity contribution is -0.172. The molecule has 3 fully saturated rings. The molecule has 0 aromatic carbocycles. The molecule has 0 saturated carbocycles. The molecule has 2 N–H and O–H groups in total. The van der Waals surface area contributed by atoms with Gasteiger partial charge in [-0.25, -0.2) is 15.1 Å². The number of hydroxylamine groups is 3. The number of carbonyl (C=O) groups excluding carboxylic acids is 3. The lowest BCUT2D eigenvalue weighted by Crippen LogP contribution is -2.50. The van der Waals surface area contributed by atoms with Crippen molar-refractivity contribution in [3.63, 3.8) is 0 Å². The fraction of sp³-hybridized carbons (Fsp3) is 0.812. The van der Waals surface area contributed by atoms with E-state index in [1.807, 2.05) is 0 Å². The molecule has 3 atom stereocenters. The van der Waals surface area contributed by atoms with Gasteiger partial charge >= 0.3 is 12.0 Å². The summed E-state index contributed by atoms with van der Waals surface area (Å²) in [4.78, 5) is 48.4. The Kier molecular flexibility index (Phi) is 6.28. The van der Waals surface area contributed by atoms with Gasteiger partial charge in [0.1, 0.15) is 6.04 Å². The van der Waals surface area contributed by atoms with Crippen LogP contribution >= 0.6 is 0 Å². The molecule has 0 radical (unpaired) electrons. The van der Waals surface area contributed by atoms with E-state index in [1.165, 1.54) is 9.96 Å². The molecule has 26 heavy (non-hydrogen) atoms. The van der Waals surface area contributed by atoms with Crippen molar-refractivity contribution in [1.82, 2.24) is 20.8 Å². The number of fused-ring (bicyclic) bond motifs is 2. The van der Waals surface area contributed by atoms with Gasteiger partial charge in [0.25, 0.3) is 5.91 Å². The Morgan fingerprint density at radius 1 is 1.31 bits per heavy atom. The Labute approximate surface area is 152 Å². The average molecular weight is 370 g/mol. The molecule has 10 nitrogen and oxygen atoms in total. The number of urea groups is 1. The molecule has 3 amide bonds. The Bertz CT molecular complexity index is 539. The van der Waals surface area contributed by atoms with Gasteiger partial charge in [0.2, 0.25) is 0 Å². The van der Waals surface area contributed by atoms with Gasteiger partial charge in [-0.05, 0) is 39.2 Å². The van der Waals surface area contributed by atoms with Crippen LogP contribution in [0.15, 0.2) is 0 Å². The van der Waals surface area contributed by atoms with E-state index in [1.54, 1.807) is 6.92 Å². The topological polar surface area (TPSA) is 109 Å². The van der Waals surface area contributed by atoms with Crippen LogP contribution in [0.4, 0.5) is 4.79 Å². The highest BCUT2D eigenvalue weighted by Gasteiger charge is 2.48. The number of rotatable bonds is 8. The van der Waals surface area contributed by atoms with E-state index >= 15 is 0 Å². The van der Waals surface area contributed by atoms with Crippen LogP contribution in [0, 0.1) is 0 Å². The van der Waals surface area contributed by atoms with E-state index in [9.17, 15) is 14.4 Å². The first-order valence-corrected chi connectivity index (χ1v) is 9.13. The average Bonchev–Trinajstić information content (AvgIpc) is 3.22. The first-order valence-electron chi connectivity index (χ1n) is 9.13. The number of esters is 1. The summed E-state index contributed by atoms with van der Waals surface area (Å²) >= 11 is 0. The SMILES string of the molecule is CCOC(=O)CON1C(=O)N2C[C@H]1CC[C@H]2C(=O)NOC[C@@H]1CCCN1. The maximum atomic E-state index is 12.5. The van der Waals surface area contributed by atoms with E-state index < -0.39 is 18.0 Å². The lowest BCUT2D eigenvalue weighted by Gasteiger charge is -2.29. The third-order valence-electron chi connectivity index (χ3n) is 4.87. The van der Waals surface area contributed by atoms with Gasteiger partial charge < -0.3 is 15.0 Å². The highest BCUT2D eigenvalue weighted by atomic mass is 16.7. The van der Waals surface area contributed by atoms with Gasteiger partial charge in [-0.1, -0.05) is 0 Å². The number of ether oxygens (including phenoxy) is 1. The number of piperidine rings is 1. The van der Waals surface area contributed by atoms with Crippen LogP contribution in [0.3, 0.4) is 0 Å². The third kappa shape index (κ3) is 4.25. The predicted octanol–water partition coefficient (Wildman–Crippen LogP) is -0.450. The molecule has 0 unspecified atom stereocenters. The zero-order valence-electron chi connectivity index (χ0n) is 14.9. The summed E-state index contributed by atoms with van der Waals surface area (Å²) in [6.07, 6.45) is 3.27. The Hall–Kier alpha value is -1.91. The van der Waals surface area contributed by atoms with Crippen LogP contribution < -0.4 is 10.8 Å². The van der Waals surface area contributed by atoms with Crippen LogP contribution in [0.1, 0.15) is 32.6 Å². The van der Waals surface area contributed by atoms with E-state index in [4.69, 9.17) is 14.4 Å². The standard InChI is InChI=1S/C16H26N4O6/c1-2-24-14(21)10-26-20-12-5-6-13(19(8-12)16(20)23)15(22)18-25-9-11-4-3-7-17-11/h11-13,17H,2-10H2,1H3,(H,18,22)/t11-,12+,13-/m0/s1. The predicted molar refractivity (Wildman–Crippen MR) is 88.5 cm³/mol. The molecule has 0 aromatic heterocycles. The maximum Gasteiger partial charge on any atom is 0.345 e. The van der Waals surface area contributed by atoms with Gasteiger partial charge in [0.15, 0.2) is 6.61 Å². The third-order valence-corrected chi connectivity index (χ3v) is 4.87. The molecule has 146 valence electrons. The summed E-state index contributed by atoms with van der Waals surface area (Å²) in [5.74, 6) is -0.859. The summed E-state index contributed by atoms with van der Waals surface area (Å²) in [5.41, 5.74) is 2.46. The van der Waals surface area contributed by atoms with Gasteiger partial charge in [0, 0.05) is 12.6 Å². The molecule has 3 aliphatic heterocycles. The molecule has 3 rings (SSSR count). The maximum absolute atomic E-state index is 12.5. The van der Waals surface area contributed by atoms with Crippen molar-refractivity contribution in [3.8, 4) is 0 Å². The first-order chi connectivity index (χ1) is 12.6. The molecular weight excluding hydrogens is 344 g/mol. The quantitative estimate of drug-likeness (QED) is 0.440. The van der Waals surface area contributed by atoms with Crippen molar-refractivity contribution < 1.29 is 28.8 Å². The molecule has 10 heteroatoms. The Balaban J connectivity index is 1.47. The van der Waals surface area contributed by atoms with E-state index in [0.717, 1.165) is 19.4 Å². The molecule has 2 bridgehead atoms. The van der Waals surface area contributed by atoms with Crippen LogP contribution in [0.5, 0.6) is 0 Å². The van der Waals surface area contributed by atoms with Gasteiger partial charge in [-0.3, -0.25) is 14.5 Å². The van der Waals surface area contributed by atoms with E-state index in [-0.39, 0.29) is 31.2 Å². The van der Waals surface area contributed by atoms with Crippen LogP contribution in [-0.2, 0) is 24.0 Å². The van der Waals surface area contributed by atoms with Crippen molar-refractivity contribution >= 4 is 17.9 Å². The Morgan fingerprint density at radius 2 is 2.15 bits per heavy atom. The normalized spacial score (nSPS) is 27.7. The summed E-state index contributed by atoms with van der Waals surface area (Å²) in [6.45, 7) is 3.40. The largest absolute Gasteiger partial charge is 0.464 e. The zero-order chi connectivity index (χ0) is 18.5. The molecule has 0 aliphatic carbocycles. The minimum atomic E-state index is -0.591. The smallest absolute Gasteiger partial charge is 0.345 e. The fourth-order valence-electron chi connectivity index (χ4n) is 3.58. The number of carbonyl (C=O) groups is 3. The second kappa shape index (κ2) is 8.65. The second-order valence-electron chi connectivity index (χ2n) is 6.66. The summed E-state index contributed by atoms with van der Waals surface area (Å²) in [6, 6.07) is -0.906. The molecule has 3 heterocycles. The molecule has 0 aromatic rings. The number of hydrogen-bond acceptors (Lipinski definition) is 7.